The largest absolute Gasteiger partial charge is 0.445 e. The molecule has 0 saturated carbocycles. The summed E-state index contributed by atoms with van der Waals surface area (Å²) in [5.41, 5.74) is 1.52. The molecule has 0 spiro atoms. The number of carbonyl (C=O) groups is 2. The van der Waals surface area contributed by atoms with Crippen molar-refractivity contribution < 1.29 is 23.6 Å². The van der Waals surface area contributed by atoms with Crippen molar-refractivity contribution in [2.24, 2.45) is 0 Å². The van der Waals surface area contributed by atoms with Crippen molar-refractivity contribution in [3.63, 3.8) is 0 Å². The highest BCUT2D eigenvalue weighted by molar-refractivity contribution is 5.85. The van der Waals surface area contributed by atoms with Crippen LogP contribution >= 0.6 is 0 Å². The third-order valence-electron chi connectivity index (χ3n) is 3.74. The maximum absolute atomic E-state index is 13.1. The van der Waals surface area contributed by atoms with Crippen LogP contribution < -0.4 is 5.32 Å². The molecule has 138 valence electrons. The fraction of sp³-hybridized carbons (Fsp3) is 0.263. The van der Waals surface area contributed by atoms with Crippen molar-refractivity contribution in [1.82, 2.24) is 10.4 Å². The molecule has 0 radical (unpaired) electrons. The SMILES string of the molecule is CON(C)C(=O)[C@@H](Cc1ccc(F)cc1)NC(=O)OCc1ccccc1. The molecule has 0 aliphatic carbocycles. The van der Waals surface area contributed by atoms with Gasteiger partial charge in [-0.2, -0.15) is 0 Å². The molecule has 2 aromatic rings. The van der Waals surface area contributed by atoms with E-state index in [9.17, 15) is 14.0 Å². The van der Waals surface area contributed by atoms with Gasteiger partial charge in [0.25, 0.3) is 5.91 Å². The minimum atomic E-state index is -0.909. The number of likely N-dealkylation sites (N-methyl/N-ethyl adjacent to an activating group) is 1. The van der Waals surface area contributed by atoms with Crippen LogP contribution in [-0.2, 0) is 27.4 Å². The van der Waals surface area contributed by atoms with E-state index in [-0.39, 0.29) is 18.8 Å². The van der Waals surface area contributed by atoms with E-state index in [1.165, 1.54) is 26.3 Å². The number of halogens is 1. The lowest BCUT2D eigenvalue weighted by Crippen LogP contribution is -2.48. The Morgan fingerprint density at radius 1 is 1.08 bits per heavy atom. The Balaban J connectivity index is 2.01. The molecule has 0 aliphatic heterocycles. The van der Waals surface area contributed by atoms with Gasteiger partial charge in [0, 0.05) is 13.5 Å². The first-order valence-corrected chi connectivity index (χ1v) is 8.03. The normalized spacial score (nSPS) is 11.5. The summed E-state index contributed by atoms with van der Waals surface area (Å²) < 4.78 is 18.2. The van der Waals surface area contributed by atoms with Crippen molar-refractivity contribution in [2.75, 3.05) is 14.2 Å². The standard InChI is InChI=1S/C19H21FN2O4/c1-22(25-2)18(23)17(12-14-8-10-16(20)11-9-14)21-19(24)26-13-15-6-4-3-5-7-15/h3-11,17H,12-13H2,1-2H3,(H,21,24)/t17-/m1/s1. The Kier molecular flexibility index (Phi) is 7.11. The second-order valence-corrected chi connectivity index (χ2v) is 5.61. The third kappa shape index (κ3) is 5.86. The fourth-order valence-electron chi connectivity index (χ4n) is 2.27. The number of hydrogen-bond donors (Lipinski definition) is 1. The van der Waals surface area contributed by atoms with Gasteiger partial charge >= 0.3 is 6.09 Å². The lowest BCUT2D eigenvalue weighted by Gasteiger charge is -2.22. The van der Waals surface area contributed by atoms with Gasteiger partial charge in [0.2, 0.25) is 0 Å². The zero-order chi connectivity index (χ0) is 18.9. The number of nitrogens with zero attached hydrogens (tertiary/aromatic N) is 1. The highest BCUT2D eigenvalue weighted by atomic mass is 19.1. The molecule has 0 aliphatic rings. The van der Waals surface area contributed by atoms with Crippen molar-refractivity contribution in [3.05, 3.63) is 71.5 Å². The summed E-state index contributed by atoms with van der Waals surface area (Å²) in [6, 6.07) is 14.0. The molecule has 0 bridgehead atoms. The fourth-order valence-corrected chi connectivity index (χ4v) is 2.27. The molecule has 2 aromatic carbocycles. The van der Waals surface area contributed by atoms with Crippen LogP contribution in [0.15, 0.2) is 54.6 Å². The summed E-state index contributed by atoms with van der Waals surface area (Å²) in [6.45, 7) is 0.0875. The van der Waals surface area contributed by atoms with Gasteiger partial charge in [-0.3, -0.25) is 9.63 Å². The van der Waals surface area contributed by atoms with E-state index in [0.717, 1.165) is 10.6 Å². The molecule has 2 amide bonds. The Bertz CT molecular complexity index is 722. The van der Waals surface area contributed by atoms with Crippen LogP contribution in [0.5, 0.6) is 0 Å². The number of hydroxylamine groups is 2. The van der Waals surface area contributed by atoms with Gasteiger partial charge in [0.1, 0.15) is 18.5 Å². The summed E-state index contributed by atoms with van der Waals surface area (Å²) >= 11 is 0. The Morgan fingerprint density at radius 3 is 2.35 bits per heavy atom. The number of ether oxygens (including phenoxy) is 1. The molecular formula is C19H21FN2O4. The first kappa shape index (κ1) is 19.4. The molecule has 0 aromatic heterocycles. The molecule has 1 N–H and O–H groups in total. The molecule has 2 rings (SSSR count). The van der Waals surface area contributed by atoms with Crippen LogP contribution in [0.25, 0.3) is 0 Å². The summed E-state index contributed by atoms with van der Waals surface area (Å²) in [7, 11) is 2.79. The van der Waals surface area contributed by atoms with Gasteiger partial charge in [0.05, 0.1) is 7.11 Å². The number of alkyl carbamates (subject to hydrolysis) is 1. The van der Waals surface area contributed by atoms with E-state index in [4.69, 9.17) is 9.57 Å². The first-order chi connectivity index (χ1) is 12.5. The number of hydrogen-bond acceptors (Lipinski definition) is 4. The molecule has 0 saturated heterocycles. The highest BCUT2D eigenvalue weighted by Gasteiger charge is 2.25. The highest BCUT2D eigenvalue weighted by Crippen LogP contribution is 2.09. The van der Waals surface area contributed by atoms with Crippen LogP contribution in [-0.4, -0.2) is 37.3 Å². The maximum atomic E-state index is 13.1. The Morgan fingerprint density at radius 2 is 1.73 bits per heavy atom. The maximum Gasteiger partial charge on any atom is 0.408 e. The predicted octanol–water partition coefficient (Wildman–Crippen LogP) is 2.68. The van der Waals surface area contributed by atoms with Gasteiger partial charge in [-0.1, -0.05) is 42.5 Å². The van der Waals surface area contributed by atoms with E-state index < -0.39 is 18.0 Å². The molecule has 0 unspecified atom stereocenters. The number of nitrogens with one attached hydrogen (secondary N) is 1. The molecule has 1 atom stereocenters. The topological polar surface area (TPSA) is 67.9 Å². The molecular weight excluding hydrogens is 339 g/mol. The smallest absolute Gasteiger partial charge is 0.408 e. The average Bonchev–Trinajstić information content (AvgIpc) is 2.67. The van der Waals surface area contributed by atoms with Crippen LogP contribution in [0.4, 0.5) is 9.18 Å². The van der Waals surface area contributed by atoms with Crippen molar-refractivity contribution >= 4 is 12.0 Å². The number of rotatable bonds is 7. The van der Waals surface area contributed by atoms with Gasteiger partial charge in [-0.25, -0.2) is 14.2 Å². The quantitative estimate of drug-likeness (QED) is 0.771. The summed E-state index contributed by atoms with van der Waals surface area (Å²) in [5.74, 6) is -0.825. The number of benzene rings is 2. The Hall–Kier alpha value is -2.93. The van der Waals surface area contributed by atoms with Crippen LogP contribution in [0.1, 0.15) is 11.1 Å². The van der Waals surface area contributed by atoms with Crippen LogP contribution in [0, 0.1) is 5.82 Å². The van der Waals surface area contributed by atoms with Crippen molar-refractivity contribution in [3.8, 4) is 0 Å². The van der Waals surface area contributed by atoms with Gasteiger partial charge < -0.3 is 10.1 Å². The number of amides is 2. The third-order valence-corrected chi connectivity index (χ3v) is 3.74. The van der Waals surface area contributed by atoms with E-state index in [2.05, 4.69) is 5.32 Å². The van der Waals surface area contributed by atoms with Gasteiger partial charge in [-0.05, 0) is 23.3 Å². The minimum absolute atomic E-state index is 0.0875. The van der Waals surface area contributed by atoms with E-state index in [0.29, 0.717) is 5.56 Å². The zero-order valence-electron chi connectivity index (χ0n) is 14.6. The number of carbonyl (C=O) groups excluding carboxylic acids is 2. The lowest BCUT2D eigenvalue weighted by atomic mass is 10.1. The van der Waals surface area contributed by atoms with Crippen molar-refractivity contribution in [1.29, 1.82) is 0 Å². The molecule has 0 fully saturated rings. The van der Waals surface area contributed by atoms with Crippen LogP contribution in [0.3, 0.4) is 0 Å². The molecule has 26 heavy (non-hydrogen) atoms. The van der Waals surface area contributed by atoms with E-state index in [1.807, 2.05) is 30.3 Å². The second kappa shape index (κ2) is 9.53. The summed E-state index contributed by atoms with van der Waals surface area (Å²) in [4.78, 5) is 29.4. The second-order valence-electron chi connectivity index (χ2n) is 5.61. The molecule has 0 heterocycles. The molecule has 6 nitrogen and oxygen atoms in total. The summed E-state index contributed by atoms with van der Waals surface area (Å²) in [6.07, 6.45) is -0.549. The predicted molar refractivity (Wildman–Crippen MR) is 93.4 cm³/mol. The monoisotopic (exact) mass is 360 g/mol. The zero-order valence-corrected chi connectivity index (χ0v) is 14.6. The van der Waals surface area contributed by atoms with E-state index >= 15 is 0 Å². The minimum Gasteiger partial charge on any atom is -0.445 e. The van der Waals surface area contributed by atoms with Crippen molar-refractivity contribution in [2.45, 2.75) is 19.1 Å². The summed E-state index contributed by atoms with van der Waals surface area (Å²) in [5, 5.41) is 3.56. The first-order valence-electron chi connectivity index (χ1n) is 8.03. The molecule has 7 heteroatoms. The van der Waals surface area contributed by atoms with Crippen LogP contribution in [0.2, 0.25) is 0 Å². The average molecular weight is 360 g/mol. The van der Waals surface area contributed by atoms with Gasteiger partial charge in [-0.15, -0.1) is 0 Å². The lowest BCUT2D eigenvalue weighted by molar-refractivity contribution is -0.170. The van der Waals surface area contributed by atoms with Gasteiger partial charge in [0.15, 0.2) is 0 Å². The van der Waals surface area contributed by atoms with E-state index in [1.54, 1.807) is 12.1 Å². The Labute approximate surface area is 151 Å².